The fourth-order valence-electron chi connectivity index (χ4n) is 2.25. The number of hydrogen-bond acceptors (Lipinski definition) is 2. The highest BCUT2D eigenvalue weighted by atomic mass is 16.3. The minimum Gasteiger partial charge on any atom is -0.392 e. The summed E-state index contributed by atoms with van der Waals surface area (Å²) in [5.41, 5.74) is 3.14. The van der Waals surface area contributed by atoms with Crippen LogP contribution in [0.1, 0.15) is 28.4 Å². The van der Waals surface area contributed by atoms with Gasteiger partial charge in [0.15, 0.2) is 0 Å². The first-order valence-electron chi connectivity index (χ1n) is 5.65. The van der Waals surface area contributed by atoms with Gasteiger partial charge in [-0.3, -0.25) is 4.79 Å². The van der Waals surface area contributed by atoms with Crippen molar-refractivity contribution in [2.24, 2.45) is 0 Å². The molecule has 0 saturated carbocycles. The maximum atomic E-state index is 12.1. The van der Waals surface area contributed by atoms with E-state index in [0.717, 1.165) is 17.5 Å². The molecule has 0 aromatic heterocycles. The van der Waals surface area contributed by atoms with Crippen LogP contribution in [0.3, 0.4) is 0 Å². The van der Waals surface area contributed by atoms with Crippen LogP contribution < -0.4 is 0 Å². The molecule has 0 fully saturated rings. The van der Waals surface area contributed by atoms with Gasteiger partial charge in [-0.1, -0.05) is 12.1 Å². The number of aliphatic hydroxyl groups excluding tert-OH is 1. The van der Waals surface area contributed by atoms with Crippen molar-refractivity contribution in [3.63, 3.8) is 0 Å². The van der Waals surface area contributed by atoms with Crippen LogP contribution >= 0.6 is 0 Å². The molecule has 0 bridgehead atoms. The van der Waals surface area contributed by atoms with Gasteiger partial charge in [-0.25, -0.2) is 0 Å². The predicted molar refractivity (Wildman–Crippen MR) is 62.5 cm³/mol. The van der Waals surface area contributed by atoms with Crippen molar-refractivity contribution in [1.82, 2.24) is 4.90 Å². The summed E-state index contributed by atoms with van der Waals surface area (Å²) in [7, 11) is 0. The maximum Gasteiger partial charge on any atom is 0.254 e. The van der Waals surface area contributed by atoms with Gasteiger partial charge in [-0.2, -0.15) is 0 Å². The van der Waals surface area contributed by atoms with Crippen molar-refractivity contribution in [3.05, 3.63) is 34.9 Å². The van der Waals surface area contributed by atoms with Crippen LogP contribution in [0.25, 0.3) is 0 Å². The lowest BCUT2D eigenvalue weighted by molar-refractivity contribution is 0.0630. The minimum absolute atomic E-state index is 0.0471. The molecular weight excluding hydrogens is 202 g/mol. The molecular formula is C13H17NO2. The number of amides is 1. The monoisotopic (exact) mass is 219 g/mol. The van der Waals surface area contributed by atoms with E-state index >= 15 is 0 Å². The molecule has 1 aromatic carbocycles. The van der Waals surface area contributed by atoms with E-state index in [1.54, 1.807) is 11.8 Å². The molecule has 1 atom stereocenters. The van der Waals surface area contributed by atoms with E-state index in [2.05, 4.69) is 0 Å². The van der Waals surface area contributed by atoms with Gasteiger partial charge in [0.25, 0.3) is 5.91 Å². The molecule has 1 aromatic rings. The van der Waals surface area contributed by atoms with Crippen molar-refractivity contribution in [1.29, 1.82) is 0 Å². The van der Waals surface area contributed by atoms with Crippen molar-refractivity contribution in [2.45, 2.75) is 26.4 Å². The maximum absolute atomic E-state index is 12.1. The van der Waals surface area contributed by atoms with E-state index in [4.69, 9.17) is 0 Å². The third kappa shape index (κ3) is 1.95. The van der Waals surface area contributed by atoms with E-state index in [9.17, 15) is 9.90 Å². The first-order valence-corrected chi connectivity index (χ1v) is 5.65. The normalized spacial score (nSPS) is 17.2. The van der Waals surface area contributed by atoms with Crippen LogP contribution in [0.5, 0.6) is 0 Å². The van der Waals surface area contributed by atoms with Gasteiger partial charge in [-0.05, 0) is 37.5 Å². The number of hydrogen-bond donors (Lipinski definition) is 1. The molecule has 1 heterocycles. The second kappa shape index (κ2) is 4.26. The Balaban J connectivity index is 2.29. The second-order valence-electron chi connectivity index (χ2n) is 4.45. The Morgan fingerprint density at radius 1 is 1.50 bits per heavy atom. The van der Waals surface area contributed by atoms with Crippen LogP contribution in [0.15, 0.2) is 18.2 Å². The summed E-state index contributed by atoms with van der Waals surface area (Å²) in [4.78, 5) is 13.8. The van der Waals surface area contributed by atoms with E-state index in [1.807, 2.05) is 25.1 Å². The molecule has 1 N–H and O–H groups in total. The lowest BCUT2D eigenvalue weighted by Gasteiger charge is -2.30. The molecule has 86 valence electrons. The first kappa shape index (κ1) is 11.1. The van der Waals surface area contributed by atoms with Crippen LogP contribution in [-0.4, -0.2) is 35.1 Å². The summed E-state index contributed by atoms with van der Waals surface area (Å²) in [5, 5.41) is 9.33. The zero-order chi connectivity index (χ0) is 11.7. The number of carbonyl (C=O) groups is 1. The summed E-state index contributed by atoms with van der Waals surface area (Å²) >= 11 is 0. The third-order valence-corrected chi connectivity index (χ3v) is 3.04. The lowest BCUT2D eigenvalue weighted by atomic mass is 9.94. The number of rotatable bonds is 2. The van der Waals surface area contributed by atoms with Gasteiger partial charge in [0.2, 0.25) is 0 Å². The summed E-state index contributed by atoms with van der Waals surface area (Å²) < 4.78 is 0. The Morgan fingerprint density at radius 2 is 2.25 bits per heavy atom. The molecule has 1 aliphatic rings. The number of carbonyl (C=O) groups excluding carboxylic acids is 1. The lowest BCUT2D eigenvalue weighted by Crippen LogP contribution is -2.41. The van der Waals surface area contributed by atoms with E-state index in [0.29, 0.717) is 13.1 Å². The standard InChI is InChI=1S/C13H17NO2/c1-9-4-3-5-12-11(9)6-7-14(13(12)16)8-10(2)15/h3-5,10,15H,6-8H2,1-2H3. The van der Waals surface area contributed by atoms with Crippen LogP contribution in [0.4, 0.5) is 0 Å². The number of fused-ring (bicyclic) bond motifs is 1. The quantitative estimate of drug-likeness (QED) is 0.816. The average Bonchev–Trinajstić information content (AvgIpc) is 2.23. The number of aryl methyl sites for hydroxylation is 1. The number of nitrogens with zero attached hydrogens (tertiary/aromatic N) is 1. The van der Waals surface area contributed by atoms with Crippen molar-refractivity contribution in [3.8, 4) is 0 Å². The van der Waals surface area contributed by atoms with Crippen LogP contribution in [0, 0.1) is 6.92 Å². The Labute approximate surface area is 95.7 Å². The highest BCUT2D eigenvalue weighted by molar-refractivity contribution is 5.97. The van der Waals surface area contributed by atoms with E-state index in [-0.39, 0.29) is 5.91 Å². The van der Waals surface area contributed by atoms with E-state index < -0.39 is 6.10 Å². The van der Waals surface area contributed by atoms with Gasteiger partial charge < -0.3 is 10.0 Å². The molecule has 1 unspecified atom stereocenters. The van der Waals surface area contributed by atoms with Gasteiger partial charge in [0, 0.05) is 18.7 Å². The minimum atomic E-state index is -0.463. The first-order chi connectivity index (χ1) is 7.59. The predicted octanol–water partition coefficient (Wildman–Crippen LogP) is 1.37. The molecule has 1 amide bonds. The van der Waals surface area contributed by atoms with Crippen LogP contribution in [0.2, 0.25) is 0 Å². The Bertz CT molecular complexity index is 412. The van der Waals surface area contributed by atoms with Gasteiger partial charge >= 0.3 is 0 Å². The summed E-state index contributed by atoms with van der Waals surface area (Å²) in [6.45, 7) is 4.88. The molecule has 3 nitrogen and oxygen atoms in total. The van der Waals surface area contributed by atoms with Crippen molar-refractivity contribution in [2.75, 3.05) is 13.1 Å². The fourth-order valence-corrected chi connectivity index (χ4v) is 2.25. The number of aliphatic hydroxyl groups is 1. The molecule has 16 heavy (non-hydrogen) atoms. The fraction of sp³-hybridized carbons (Fsp3) is 0.462. The number of β-amino-alcohol motifs (C(OH)–C–C–N with tert-alkyl or cyclic N) is 1. The molecule has 0 aliphatic carbocycles. The third-order valence-electron chi connectivity index (χ3n) is 3.04. The average molecular weight is 219 g/mol. The number of benzene rings is 1. The van der Waals surface area contributed by atoms with Crippen LogP contribution in [-0.2, 0) is 6.42 Å². The zero-order valence-electron chi connectivity index (χ0n) is 9.73. The van der Waals surface area contributed by atoms with Gasteiger partial charge in [0.1, 0.15) is 0 Å². The molecule has 0 saturated heterocycles. The Kier molecular flexibility index (Phi) is 2.97. The summed E-state index contributed by atoms with van der Waals surface area (Å²) in [5.74, 6) is 0.0471. The molecule has 1 aliphatic heterocycles. The molecule has 2 rings (SSSR count). The molecule has 0 spiro atoms. The zero-order valence-corrected chi connectivity index (χ0v) is 9.73. The van der Waals surface area contributed by atoms with Crippen molar-refractivity contribution < 1.29 is 9.90 Å². The van der Waals surface area contributed by atoms with Crippen molar-refractivity contribution >= 4 is 5.91 Å². The Hall–Kier alpha value is -1.35. The molecule has 0 radical (unpaired) electrons. The highest BCUT2D eigenvalue weighted by Gasteiger charge is 2.25. The highest BCUT2D eigenvalue weighted by Crippen LogP contribution is 2.22. The van der Waals surface area contributed by atoms with E-state index in [1.165, 1.54) is 5.56 Å². The Morgan fingerprint density at radius 3 is 2.94 bits per heavy atom. The molecule has 3 heteroatoms. The summed E-state index contributed by atoms with van der Waals surface area (Å²) in [6, 6.07) is 5.83. The smallest absolute Gasteiger partial charge is 0.254 e. The topological polar surface area (TPSA) is 40.5 Å². The second-order valence-corrected chi connectivity index (χ2v) is 4.45. The van der Waals surface area contributed by atoms with Gasteiger partial charge in [-0.15, -0.1) is 0 Å². The SMILES string of the molecule is Cc1cccc2c1CCN(CC(C)O)C2=O. The largest absolute Gasteiger partial charge is 0.392 e. The van der Waals surface area contributed by atoms with Gasteiger partial charge in [0.05, 0.1) is 6.10 Å². The summed E-state index contributed by atoms with van der Waals surface area (Å²) in [6.07, 6.45) is 0.427.